The molecule has 0 amide bonds. The zero-order chi connectivity index (χ0) is 10.4. The van der Waals surface area contributed by atoms with E-state index in [0.29, 0.717) is 5.56 Å². The lowest BCUT2D eigenvalue weighted by Gasteiger charge is -2.02. The van der Waals surface area contributed by atoms with Crippen LogP contribution >= 0.6 is 0 Å². The summed E-state index contributed by atoms with van der Waals surface area (Å²) in [6.45, 7) is 5.16. The highest BCUT2D eigenvalue weighted by Gasteiger charge is 2.05. The lowest BCUT2D eigenvalue weighted by molar-refractivity contribution is 0.274. The summed E-state index contributed by atoms with van der Waals surface area (Å²) in [6.07, 6.45) is 0. The highest BCUT2D eigenvalue weighted by molar-refractivity contribution is 5.27. The van der Waals surface area contributed by atoms with E-state index in [0.717, 1.165) is 6.07 Å². The van der Waals surface area contributed by atoms with Gasteiger partial charge in [-0.2, -0.15) is 0 Å². The van der Waals surface area contributed by atoms with Crippen molar-refractivity contribution in [2.24, 2.45) is 0 Å². The second kappa shape index (κ2) is 5.65. The zero-order valence-corrected chi connectivity index (χ0v) is 8.06. The number of hydrogen-bond acceptors (Lipinski definition) is 1. The van der Waals surface area contributed by atoms with Gasteiger partial charge in [-0.15, -0.1) is 0 Å². The Morgan fingerprint density at radius 1 is 1.23 bits per heavy atom. The molecular formula is C10H14F2O. The number of halogens is 2. The van der Waals surface area contributed by atoms with Crippen molar-refractivity contribution in [1.29, 1.82) is 0 Å². The Morgan fingerprint density at radius 2 is 1.77 bits per heavy atom. The molecule has 1 aromatic carbocycles. The molecule has 0 aliphatic rings. The second-order valence-electron chi connectivity index (χ2n) is 2.34. The van der Waals surface area contributed by atoms with Crippen LogP contribution < -0.4 is 0 Å². The number of hydrogen-bond donors (Lipinski definition) is 1. The number of aliphatic hydroxyl groups is 1. The quantitative estimate of drug-likeness (QED) is 0.718. The predicted octanol–water partition coefficient (Wildman–Crippen LogP) is 2.79. The molecule has 74 valence electrons. The molecular weight excluding hydrogens is 174 g/mol. The fraction of sp³-hybridized carbons (Fsp3) is 0.400. The number of benzene rings is 1. The average Bonchev–Trinajstić information content (AvgIpc) is 2.07. The Balaban J connectivity index is 0.000000671. The standard InChI is InChI=1S/C8H8F2O.C2H6/c1-5-2-6(9)3-8(10)7(5)4-11;1-2/h2-3,11H,4H2,1H3;1-2H3. The number of aryl methyl sites for hydroxylation is 1. The van der Waals surface area contributed by atoms with Crippen molar-refractivity contribution in [2.45, 2.75) is 27.4 Å². The maximum atomic E-state index is 12.7. The van der Waals surface area contributed by atoms with Crippen molar-refractivity contribution in [3.63, 3.8) is 0 Å². The van der Waals surface area contributed by atoms with Crippen LogP contribution in [-0.2, 0) is 6.61 Å². The van der Waals surface area contributed by atoms with Gasteiger partial charge in [-0.05, 0) is 18.6 Å². The van der Waals surface area contributed by atoms with E-state index in [1.54, 1.807) is 6.92 Å². The minimum absolute atomic E-state index is 0.159. The van der Waals surface area contributed by atoms with E-state index in [1.165, 1.54) is 6.07 Å². The van der Waals surface area contributed by atoms with Gasteiger partial charge in [0.05, 0.1) is 6.61 Å². The van der Waals surface area contributed by atoms with Gasteiger partial charge < -0.3 is 5.11 Å². The topological polar surface area (TPSA) is 20.2 Å². The summed E-state index contributed by atoms with van der Waals surface area (Å²) in [5, 5.41) is 8.63. The summed E-state index contributed by atoms with van der Waals surface area (Å²) in [6, 6.07) is 1.95. The van der Waals surface area contributed by atoms with E-state index < -0.39 is 18.2 Å². The van der Waals surface area contributed by atoms with Crippen molar-refractivity contribution < 1.29 is 13.9 Å². The molecule has 0 spiro atoms. The molecule has 0 saturated heterocycles. The third-order valence-electron chi connectivity index (χ3n) is 1.54. The Morgan fingerprint density at radius 3 is 2.15 bits per heavy atom. The molecule has 1 nitrogen and oxygen atoms in total. The largest absolute Gasteiger partial charge is 0.392 e. The Kier molecular flexibility index (Phi) is 5.23. The molecule has 1 N–H and O–H groups in total. The van der Waals surface area contributed by atoms with Gasteiger partial charge in [0.1, 0.15) is 11.6 Å². The van der Waals surface area contributed by atoms with E-state index in [1.807, 2.05) is 13.8 Å². The van der Waals surface area contributed by atoms with E-state index in [9.17, 15) is 8.78 Å². The summed E-state index contributed by atoms with van der Waals surface area (Å²) in [5.41, 5.74) is 0.594. The van der Waals surface area contributed by atoms with Gasteiger partial charge in [0, 0.05) is 11.6 Å². The highest BCUT2D eigenvalue weighted by atomic mass is 19.1. The molecule has 0 aliphatic heterocycles. The Labute approximate surface area is 77.0 Å². The van der Waals surface area contributed by atoms with Crippen LogP contribution in [0.5, 0.6) is 0 Å². The van der Waals surface area contributed by atoms with E-state index in [2.05, 4.69) is 0 Å². The molecule has 0 aliphatic carbocycles. The first-order valence-electron chi connectivity index (χ1n) is 4.20. The minimum atomic E-state index is -0.690. The lowest BCUT2D eigenvalue weighted by Crippen LogP contribution is -1.95. The molecule has 0 fully saturated rings. The SMILES string of the molecule is CC.Cc1cc(F)cc(F)c1CO. The monoisotopic (exact) mass is 188 g/mol. The molecule has 13 heavy (non-hydrogen) atoms. The van der Waals surface area contributed by atoms with E-state index in [4.69, 9.17) is 5.11 Å². The molecule has 1 aromatic rings. The summed E-state index contributed by atoms with van der Waals surface area (Å²) in [4.78, 5) is 0. The smallest absolute Gasteiger partial charge is 0.131 e. The van der Waals surface area contributed by atoms with Crippen LogP contribution in [0.25, 0.3) is 0 Å². The van der Waals surface area contributed by atoms with Gasteiger partial charge in [-0.3, -0.25) is 0 Å². The van der Waals surface area contributed by atoms with Crippen molar-refractivity contribution in [3.05, 3.63) is 34.9 Å². The summed E-state index contributed by atoms with van der Waals surface area (Å²) >= 11 is 0. The van der Waals surface area contributed by atoms with Crippen molar-refractivity contribution in [3.8, 4) is 0 Å². The first-order valence-corrected chi connectivity index (χ1v) is 4.20. The van der Waals surface area contributed by atoms with Crippen LogP contribution in [0.3, 0.4) is 0 Å². The third kappa shape index (κ3) is 3.11. The third-order valence-corrected chi connectivity index (χ3v) is 1.54. The Hall–Kier alpha value is -0.960. The molecule has 0 radical (unpaired) electrons. The van der Waals surface area contributed by atoms with Gasteiger partial charge in [-0.25, -0.2) is 8.78 Å². The maximum Gasteiger partial charge on any atom is 0.131 e. The van der Waals surface area contributed by atoms with E-state index >= 15 is 0 Å². The van der Waals surface area contributed by atoms with Gasteiger partial charge in [-0.1, -0.05) is 13.8 Å². The van der Waals surface area contributed by atoms with Crippen LogP contribution in [0, 0.1) is 18.6 Å². The first kappa shape index (κ1) is 12.0. The molecule has 3 heteroatoms. The molecule has 0 bridgehead atoms. The van der Waals surface area contributed by atoms with Gasteiger partial charge in [0.25, 0.3) is 0 Å². The average molecular weight is 188 g/mol. The van der Waals surface area contributed by atoms with Crippen LogP contribution in [-0.4, -0.2) is 5.11 Å². The fourth-order valence-electron chi connectivity index (χ4n) is 0.932. The summed E-state index contributed by atoms with van der Waals surface area (Å²) in [7, 11) is 0. The fourth-order valence-corrected chi connectivity index (χ4v) is 0.932. The molecule has 1 rings (SSSR count). The summed E-state index contributed by atoms with van der Waals surface area (Å²) < 4.78 is 25.1. The van der Waals surface area contributed by atoms with Gasteiger partial charge >= 0.3 is 0 Å². The van der Waals surface area contributed by atoms with Crippen LogP contribution in [0.15, 0.2) is 12.1 Å². The number of aliphatic hydroxyl groups excluding tert-OH is 1. The zero-order valence-electron chi connectivity index (χ0n) is 8.06. The van der Waals surface area contributed by atoms with Crippen molar-refractivity contribution in [1.82, 2.24) is 0 Å². The molecule has 0 heterocycles. The Bertz CT molecular complexity index is 249. The normalized spacial score (nSPS) is 9.08. The lowest BCUT2D eigenvalue weighted by atomic mass is 10.1. The van der Waals surface area contributed by atoms with Crippen LogP contribution in [0.1, 0.15) is 25.0 Å². The van der Waals surface area contributed by atoms with Crippen molar-refractivity contribution >= 4 is 0 Å². The van der Waals surface area contributed by atoms with Gasteiger partial charge in [0.15, 0.2) is 0 Å². The molecule has 0 unspecified atom stereocenters. The molecule has 0 saturated carbocycles. The summed E-state index contributed by atoms with van der Waals surface area (Å²) in [5.74, 6) is -1.30. The maximum absolute atomic E-state index is 12.7. The highest BCUT2D eigenvalue weighted by Crippen LogP contribution is 2.14. The minimum Gasteiger partial charge on any atom is -0.392 e. The van der Waals surface area contributed by atoms with Crippen LogP contribution in [0.4, 0.5) is 8.78 Å². The van der Waals surface area contributed by atoms with E-state index in [-0.39, 0.29) is 5.56 Å². The molecule has 0 aromatic heterocycles. The number of rotatable bonds is 1. The first-order chi connectivity index (χ1) is 6.15. The molecule has 0 atom stereocenters. The van der Waals surface area contributed by atoms with Crippen LogP contribution in [0.2, 0.25) is 0 Å². The second-order valence-corrected chi connectivity index (χ2v) is 2.34. The van der Waals surface area contributed by atoms with Crippen molar-refractivity contribution in [2.75, 3.05) is 0 Å². The van der Waals surface area contributed by atoms with Gasteiger partial charge in [0.2, 0.25) is 0 Å². The predicted molar refractivity (Wildman–Crippen MR) is 48.4 cm³/mol.